The van der Waals surface area contributed by atoms with Crippen molar-refractivity contribution in [2.75, 3.05) is 6.61 Å². The molecule has 1 heterocycles. The van der Waals surface area contributed by atoms with E-state index in [0.29, 0.717) is 16.9 Å². The van der Waals surface area contributed by atoms with Crippen LogP contribution in [-0.4, -0.2) is 68.8 Å². The van der Waals surface area contributed by atoms with Gasteiger partial charge in [0.15, 0.2) is 0 Å². The molecule has 5 N–H and O–H groups in total. The van der Waals surface area contributed by atoms with Gasteiger partial charge in [0, 0.05) is 5.56 Å². The number of rotatable bonds is 6. The van der Waals surface area contributed by atoms with Crippen LogP contribution in [0.2, 0.25) is 0 Å². The van der Waals surface area contributed by atoms with Crippen molar-refractivity contribution in [3.63, 3.8) is 0 Å². The summed E-state index contributed by atoms with van der Waals surface area (Å²) in [6.07, 6.45) is -6.93. The Morgan fingerprint density at radius 3 is 2.29 bits per heavy atom. The molecule has 2 aromatic carbocycles. The Labute approximate surface area is 161 Å². The van der Waals surface area contributed by atoms with E-state index in [1.807, 2.05) is 0 Å². The predicted molar refractivity (Wildman–Crippen MR) is 97.6 cm³/mol. The molecule has 28 heavy (non-hydrogen) atoms. The second-order valence-electron chi connectivity index (χ2n) is 6.58. The van der Waals surface area contributed by atoms with Crippen LogP contribution in [0, 0.1) is 0 Å². The maximum absolute atomic E-state index is 10.8. The molecule has 0 aliphatic carbocycles. The molecule has 0 bridgehead atoms. The molecule has 0 spiro atoms. The first-order valence-corrected chi connectivity index (χ1v) is 8.78. The zero-order chi connectivity index (χ0) is 20.3. The Kier molecular flexibility index (Phi) is 6.28. The fraction of sp³-hybridized carbons (Fsp3) is 0.350. The third kappa shape index (κ3) is 4.32. The van der Waals surface area contributed by atoms with Crippen LogP contribution in [0.25, 0.3) is 11.1 Å². The Morgan fingerprint density at radius 1 is 0.964 bits per heavy atom. The van der Waals surface area contributed by atoms with Crippen LogP contribution in [0.1, 0.15) is 5.56 Å². The second kappa shape index (κ2) is 8.68. The highest BCUT2D eigenvalue weighted by Crippen LogP contribution is 2.33. The molecule has 3 rings (SSSR count). The Hall–Kier alpha value is -2.49. The molecule has 0 unspecified atom stereocenters. The summed E-state index contributed by atoms with van der Waals surface area (Å²) in [5, 5.41) is 48.1. The van der Waals surface area contributed by atoms with Gasteiger partial charge in [0.2, 0.25) is 6.29 Å². The van der Waals surface area contributed by atoms with E-state index >= 15 is 0 Å². The van der Waals surface area contributed by atoms with Crippen molar-refractivity contribution in [3.8, 4) is 16.9 Å². The molecule has 8 nitrogen and oxygen atoms in total. The van der Waals surface area contributed by atoms with Gasteiger partial charge in [-0.25, -0.2) is 0 Å². The summed E-state index contributed by atoms with van der Waals surface area (Å²) in [5.41, 5.74) is 2.08. The minimum absolute atomic E-state index is 0.0801. The van der Waals surface area contributed by atoms with Crippen molar-refractivity contribution in [2.45, 2.75) is 37.1 Å². The van der Waals surface area contributed by atoms with Crippen molar-refractivity contribution in [1.29, 1.82) is 0 Å². The zero-order valence-electron chi connectivity index (χ0n) is 14.9. The van der Waals surface area contributed by atoms with Gasteiger partial charge in [-0.05, 0) is 17.2 Å². The van der Waals surface area contributed by atoms with Crippen molar-refractivity contribution in [2.24, 2.45) is 0 Å². The summed E-state index contributed by atoms with van der Waals surface area (Å²) >= 11 is 0. The molecule has 1 fully saturated rings. The molecule has 0 amide bonds. The number of aliphatic hydroxyl groups is 4. The summed E-state index contributed by atoms with van der Waals surface area (Å²) in [5.74, 6) is -0.558. The Balaban J connectivity index is 1.83. The van der Waals surface area contributed by atoms with Gasteiger partial charge in [0.25, 0.3) is 0 Å². The average molecular weight is 390 g/mol. The number of carboxylic acid groups (broad SMARTS) is 1. The molecule has 1 aliphatic heterocycles. The number of hydrogen-bond acceptors (Lipinski definition) is 7. The lowest BCUT2D eigenvalue weighted by molar-refractivity contribution is -0.277. The van der Waals surface area contributed by atoms with E-state index in [1.54, 1.807) is 48.5 Å². The normalized spacial score (nSPS) is 27.4. The smallest absolute Gasteiger partial charge is 0.307 e. The maximum atomic E-state index is 10.8. The molecule has 5 atom stereocenters. The van der Waals surface area contributed by atoms with Crippen LogP contribution in [0.4, 0.5) is 0 Å². The minimum Gasteiger partial charge on any atom is -0.481 e. The summed E-state index contributed by atoms with van der Waals surface area (Å²) in [4.78, 5) is 10.8. The fourth-order valence-electron chi connectivity index (χ4n) is 3.07. The lowest BCUT2D eigenvalue weighted by Crippen LogP contribution is -2.60. The standard InChI is InChI=1S/C20H22O8/c21-10-15-17(24)18(25)19(26)20(28-15)27-14-4-2-1-3-13(14)12-7-5-11(6-8-12)9-16(22)23/h1-8,15,17-21,24-26H,9-10H2,(H,22,23)/t15-,17-,18+,19+,20+/m1/s1. The van der Waals surface area contributed by atoms with Crippen molar-refractivity contribution >= 4 is 5.97 Å². The van der Waals surface area contributed by atoms with Gasteiger partial charge in [-0.3, -0.25) is 4.79 Å². The highest BCUT2D eigenvalue weighted by molar-refractivity contribution is 5.73. The lowest BCUT2D eigenvalue weighted by atomic mass is 9.99. The number of carbonyl (C=O) groups is 1. The van der Waals surface area contributed by atoms with Gasteiger partial charge in [-0.1, -0.05) is 42.5 Å². The summed E-state index contributed by atoms with van der Waals surface area (Å²) < 4.78 is 11.1. The molecular weight excluding hydrogens is 368 g/mol. The highest BCUT2D eigenvalue weighted by atomic mass is 16.7. The van der Waals surface area contributed by atoms with Crippen LogP contribution in [0.5, 0.6) is 5.75 Å². The predicted octanol–water partition coefficient (Wildman–Crippen LogP) is 0.159. The first kappa shape index (κ1) is 20.2. The minimum atomic E-state index is -1.53. The van der Waals surface area contributed by atoms with Gasteiger partial charge in [0.1, 0.15) is 30.2 Å². The van der Waals surface area contributed by atoms with Crippen LogP contribution < -0.4 is 4.74 Å². The number of aliphatic carboxylic acids is 1. The molecule has 0 saturated carbocycles. The van der Waals surface area contributed by atoms with Crippen molar-refractivity contribution in [1.82, 2.24) is 0 Å². The summed E-state index contributed by atoms with van der Waals surface area (Å²) in [7, 11) is 0. The summed E-state index contributed by atoms with van der Waals surface area (Å²) in [6.45, 7) is -0.544. The van der Waals surface area contributed by atoms with E-state index in [2.05, 4.69) is 0 Å². The van der Waals surface area contributed by atoms with Crippen LogP contribution in [0.3, 0.4) is 0 Å². The second-order valence-corrected chi connectivity index (χ2v) is 6.58. The lowest BCUT2D eigenvalue weighted by Gasteiger charge is -2.39. The molecule has 150 valence electrons. The zero-order valence-corrected chi connectivity index (χ0v) is 14.9. The molecule has 0 aromatic heterocycles. The topological polar surface area (TPSA) is 137 Å². The monoisotopic (exact) mass is 390 g/mol. The largest absolute Gasteiger partial charge is 0.481 e. The maximum Gasteiger partial charge on any atom is 0.307 e. The third-order valence-corrected chi connectivity index (χ3v) is 4.60. The Morgan fingerprint density at radius 2 is 1.64 bits per heavy atom. The van der Waals surface area contributed by atoms with Gasteiger partial charge < -0.3 is 35.0 Å². The highest BCUT2D eigenvalue weighted by Gasteiger charge is 2.44. The van der Waals surface area contributed by atoms with E-state index in [9.17, 15) is 25.2 Å². The number of ether oxygens (including phenoxy) is 2. The number of hydrogen-bond donors (Lipinski definition) is 5. The van der Waals surface area contributed by atoms with Gasteiger partial charge in [-0.2, -0.15) is 0 Å². The van der Waals surface area contributed by atoms with Crippen molar-refractivity contribution in [3.05, 3.63) is 54.1 Å². The fourth-order valence-corrected chi connectivity index (χ4v) is 3.07. The molecule has 0 radical (unpaired) electrons. The molecule has 2 aromatic rings. The molecule has 8 heteroatoms. The van der Waals surface area contributed by atoms with E-state index in [0.717, 1.165) is 5.56 Å². The Bertz CT molecular complexity index is 804. The SMILES string of the molecule is O=C(O)Cc1ccc(-c2ccccc2O[C@H]2O[C@H](CO)[C@@H](O)[C@H](O)[C@@H]2O)cc1. The first-order chi connectivity index (χ1) is 13.4. The molecule has 1 saturated heterocycles. The van der Waals surface area contributed by atoms with Gasteiger partial charge in [0.05, 0.1) is 13.0 Å². The van der Waals surface area contributed by atoms with Gasteiger partial charge in [-0.15, -0.1) is 0 Å². The van der Waals surface area contributed by atoms with Gasteiger partial charge >= 0.3 is 5.97 Å². The average Bonchev–Trinajstić information content (AvgIpc) is 2.69. The van der Waals surface area contributed by atoms with E-state index < -0.39 is 43.3 Å². The van der Waals surface area contributed by atoms with E-state index in [-0.39, 0.29) is 6.42 Å². The number of benzene rings is 2. The van der Waals surface area contributed by atoms with Crippen molar-refractivity contribution < 1.29 is 39.8 Å². The quantitative estimate of drug-likeness (QED) is 0.470. The van der Waals surface area contributed by atoms with Crippen LogP contribution in [-0.2, 0) is 16.0 Å². The first-order valence-electron chi connectivity index (χ1n) is 8.78. The number of aliphatic hydroxyl groups excluding tert-OH is 4. The summed E-state index contributed by atoms with van der Waals surface area (Å²) in [6, 6.07) is 13.9. The van der Waals surface area contributed by atoms with E-state index in [1.165, 1.54) is 0 Å². The van der Waals surface area contributed by atoms with E-state index in [4.69, 9.17) is 14.6 Å². The number of para-hydroxylation sites is 1. The van der Waals surface area contributed by atoms with Crippen LogP contribution in [0.15, 0.2) is 48.5 Å². The third-order valence-electron chi connectivity index (χ3n) is 4.60. The van der Waals surface area contributed by atoms with Crippen LogP contribution >= 0.6 is 0 Å². The molecular formula is C20H22O8. The number of carboxylic acids is 1. The molecule has 1 aliphatic rings.